The van der Waals surface area contributed by atoms with E-state index in [0.717, 1.165) is 21.9 Å². The SMILES string of the molecule is [C-]#[N+]C([N+]#[C-])=c1nc2cc3c(-c4ccccc4)c4oc(=C(C#N)C#N)nc4cc3c(-c3ccccc3)c2o1. The van der Waals surface area contributed by atoms with Crippen LogP contribution in [0.4, 0.5) is 0 Å². The van der Waals surface area contributed by atoms with Gasteiger partial charge in [0.2, 0.25) is 5.55 Å². The topological polar surface area (TPSA) is 108 Å². The summed E-state index contributed by atoms with van der Waals surface area (Å²) in [5.41, 5.74) is 4.50. The predicted molar refractivity (Wildman–Crippen MR) is 140 cm³/mol. The van der Waals surface area contributed by atoms with Gasteiger partial charge in [0.05, 0.1) is 0 Å². The first-order chi connectivity index (χ1) is 18.7. The number of rotatable bonds is 2. The van der Waals surface area contributed by atoms with Crippen molar-refractivity contribution in [3.05, 3.63) is 107 Å². The molecule has 0 unspecified atom stereocenters. The maximum absolute atomic E-state index is 9.41. The number of benzene rings is 4. The van der Waals surface area contributed by atoms with Gasteiger partial charge >= 0.3 is 11.4 Å². The van der Waals surface area contributed by atoms with Crippen molar-refractivity contribution in [2.24, 2.45) is 0 Å². The molecular weight excluding hydrogens is 476 g/mol. The Morgan fingerprint density at radius 3 is 1.58 bits per heavy atom. The second kappa shape index (κ2) is 8.77. The minimum Gasteiger partial charge on any atom is -0.440 e. The Balaban J connectivity index is 1.91. The van der Waals surface area contributed by atoms with Crippen molar-refractivity contribution < 1.29 is 8.83 Å². The van der Waals surface area contributed by atoms with Crippen LogP contribution < -0.4 is 11.1 Å². The van der Waals surface area contributed by atoms with Crippen LogP contribution in [0.1, 0.15) is 0 Å². The molecule has 6 aromatic rings. The molecule has 0 amide bonds. The molecule has 174 valence electrons. The summed E-state index contributed by atoms with van der Waals surface area (Å²) >= 11 is 0. The molecule has 8 heteroatoms. The Morgan fingerprint density at radius 2 is 1.13 bits per heavy atom. The van der Waals surface area contributed by atoms with Crippen molar-refractivity contribution in [3.8, 4) is 34.4 Å². The molecule has 4 aromatic carbocycles. The van der Waals surface area contributed by atoms with E-state index < -0.39 is 0 Å². The molecule has 0 aliphatic heterocycles. The first kappa shape index (κ1) is 22.3. The maximum Gasteiger partial charge on any atom is 0.582 e. The summed E-state index contributed by atoms with van der Waals surface area (Å²) in [6.07, 6.45) is 0. The maximum atomic E-state index is 9.41. The highest BCUT2D eigenvalue weighted by Crippen LogP contribution is 2.42. The molecule has 0 aliphatic carbocycles. The fraction of sp³-hybridized carbons (Fsp3) is 0. The summed E-state index contributed by atoms with van der Waals surface area (Å²) < 4.78 is 12.1. The standard InChI is InChI=1S/C30H12N6O2/c1-33-28(34-2)30-36-23-14-21-20(25(27(23)38-30)18-11-7-4-8-12-18)13-22-26(24(21)17-9-5-3-6-10-17)37-29(35-22)19(15-31)16-32/h3-14H. The van der Waals surface area contributed by atoms with Gasteiger partial charge in [-0.15, -0.1) is 9.69 Å². The molecule has 8 nitrogen and oxygen atoms in total. The van der Waals surface area contributed by atoms with Gasteiger partial charge in [-0.05, 0) is 34.0 Å². The number of aromatic nitrogens is 2. The van der Waals surface area contributed by atoms with Crippen molar-refractivity contribution in [2.75, 3.05) is 0 Å². The van der Waals surface area contributed by atoms with Crippen LogP contribution in [0.15, 0.2) is 81.6 Å². The Hall–Kier alpha value is -6.22. The van der Waals surface area contributed by atoms with E-state index in [-0.39, 0.29) is 22.5 Å². The van der Waals surface area contributed by atoms with E-state index in [2.05, 4.69) is 19.7 Å². The van der Waals surface area contributed by atoms with Gasteiger partial charge in [-0.2, -0.15) is 10.5 Å². The lowest BCUT2D eigenvalue weighted by molar-refractivity contribution is 0.559. The van der Waals surface area contributed by atoms with Crippen molar-refractivity contribution >= 4 is 44.4 Å². The van der Waals surface area contributed by atoms with E-state index in [1.165, 1.54) is 0 Å². The molecule has 0 saturated heterocycles. The summed E-state index contributed by atoms with van der Waals surface area (Å²) in [4.78, 5) is 15.5. The van der Waals surface area contributed by atoms with Gasteiger partial charge in [0.25, 0.3) is 0 Å². The average molecular weight is 488 g/mol. The molecular formula is C30H12N6O2. The highest BCUT2D eigenvalue weighted by atomic mass is 16.3. The Bertz CT molecular complexity index is 2020. The predicted octanol–water partition coefficient (Wildman–Crippen LogP) is 5.56. The summed E-state index contributed by atoms with van der Waals surface area (Å²) in [6, 6.07) is 26.5. The highest BCUT2D eigenvalue weighted by Gasteiger charge is 2.23. The normalized spacial score (nSPS) is 10.5. The Kier molecular flexibility index (Phi) is 5.14. The lowest BCUT2D eigenvalue weighted by atomic mass is 9.91. The lowest BCUT2D eigenvalue weighted by Gasteiger charge is -2.12. The summed E-state index contributed by atoms with van der Waals surface area (Å²) in [5, 5.41) is 20.3. The quantitative estimate of drug-likeness (QED) is 0.295. The fourth-order valence-electron chi connectivity index (χ4n) is 4.53. The van der Waals surface area contributed by atoms with Crippen molar-refractivity contribution in [3.63, 3.8) is 0 Å². The second-order valence-electron chi connectivity index (χ2n) is 8.21. The van der Waals surface area contributed by atoms with Crippen LogP contribution in [0.5, 0.6) is 0 Å². The van der Waals surface area contributed by atoms with Gasteiger partial charge in [0, 0.05) is 11.1 Å². The first-order valence-electron chi connectivity index (χ1n) is 11.3. The second-order valence-corrected chi connectivity index (χ2v) is 8.21. The molecule has 0 spiro atoms. The van der Waals surface area contributed by atoms with E-state index in [0.29, 0.717) is 33.3 Å². The van der Waals surface area contributed by atoms with Gasteiger partial charge in [-0.3, -0.25) is 0 Å². The first-order valence-corrected chi connectivity index (χ1v) is 11.3. The Labute approximate surface area is 214 Å². The molecule has 0 atom stereocenters. The third kappa shape index (κ3) is 3.35. The van der Waals surface area contributed by atoms with Gasteiger partial charge in [-0.25, -0.2) is 9.97 Å². The molecule has 0 aliphatic rings. The van der Waals surface area contributed by atoms with Gasteiger partial charge in [0.1, 0.15) is 36.3 Å². The average Bonchev–Trinajstić information content (AvgIpc) is 3.57. The van der Waals surface area contributed by atoms with Crippen LogP contribution in [0.3, 0.4) is 0 Å². The van der Waals surface area contributed by atoms with E-state index in [4.69, 9.17) is 22.0 Å². The largest absolute Gasteiger partial charge is 0.582 e. The fourth-order valence-corrected chi connectivity index (χ4v) is 4.53. The minimum absolute atomic E-state index is 0.0508. The summed E-state index contributed by atoms with van der Waals surface area (Å²) in [6.45, 7) is 14.7. The number of fused-ring (bicyclic) bond motifs is 3. The van der Waals surface area contributed by atoms with E-state index in [1.54, 1.807) is 0 Å². The third-order valence-electron chi connectivity index (χ3n) is 6.12. The minimum atomic E-state index is -0.260. The molecule has 0 N–H and O–H groups in total. The number of nitriles is 2. The number of nitrogens with zero attached hydrogens (tertiary/aromatic N) is 6. The van der Waals surface area contributed by atoms with Crippen LogP contribution >= 0.6 is 0 Å². The molecule has 6 rings (SSSR count). The van der Waals surface area contributed by atoms with Crippen LogP contribution in [-0.2, 0) is 0 Å². The summed E-state index contributed by atoms with van der Waals surface area (Å²) in [5.74, 6) is -0.260. The molecule has 0 saturated carbocycles. The van der Waals surface area contributed by atoms with E-state index >= 15 is 0 Å². The van der Waals surface area contributed by atoms with E-state index in [9.17, 15) is 10.5 Å². The monoisotopic (exact) mass is 488 g/mol. The number of hydrogen-bond donors (Lipinski definition) is 0. The van der Waals surface area contributed by atoms with Crippen molar-refractivity contribution in [1.82, 2.24) is 9.97 Å². The van der Waals surface area contributed by atoms with Crippen LogP contribution in [0.25, 0.3) is 76.3 Å². The molecule has 2 heterocycles. The Morgan fingerprint density at radius 1 is 0.684 bits per heavy atom. The van der Waals surface area contributed by atoms with E-state index in [1.807, 2.05) is 84.9 Å². The smallest absolute Gasteiger partial charge is 0.440 e. The zero-order chi connectivity index (χ0) is 26.2. The molecule has 2 aromatic heterocycles. The van der Waals surface area contributed by atoms with Gasteiger partial charge in [-0.1, -0.05) is 60.7 Å². The highest BCUT2D eigenvalue weighted by molar-refractivity contribution is 6.19. The van der Waals surface area contributed by atoms with Gasteiger partial charge in [0.15, 0.2) is 16.7 Å². The van der Waals surface area contributed by atoms with Crippen LogP contribution in [0, 0.1) is 35.8 Å². The zero-order valence-electron chi connectivity index (χ0n) is 19.4. The lowest BCUT2D eigenvalue weighted by Crippen LogP contribution is -2.03. The number of oxazole rings is 2. The molecule has 0 radical (unpaired) electrons. The number of hydrogen-bond acceptors (Lipinski definition) is 6. The van der Waals surface area contributed by atoms with Crippen molar-refractivity contribution in [1.29, 1.82) is 10.5 Å². The zero-order valence-corrected chi connectivity index (χ0v) is 19.4. The summed E-state index contributed by atoms with van der Waals surface area (Å²) in [7, 11) is 0. The van der Waals surface area contributed by atoms with Crippen molar-refractivity contribution in [2.45, 2.75) is 0 Å². The third-order valence-corrected chi connectivity index (χ3v) is 6.12. The molecule has 0 bridgehead atoms. The van der Waals surface area contributed by atoms with Crippen LogP contribution in [-0.4, -0.2) is 9.97 Å². The van der Waals surface area contributed by atoms with Gasteiger partial charge < -0.3 is 8.83 Å². The van der Waals surface area contributed by atoms with Crippen LogP contribution in [0.2, 0.25) is 0 Å². The molecule has 0 fully saturated rings. The molecule has 38 heavy (non-hydrogen) atoms.